The van der Waals surface area contributed by atoms with Crippen molar-refractivity contribution >= 4 is 38.7 Å². The lowest BCUT2D eigenvalue weighted by molar-refractivity contribution is 0.252. The van der Waals surface area contributed by atoms with Crippen LogP contribution in [0.3, 0.4) is 0 Å². The first-order chi connectivity index (χ1) is 12.7. The van der Waals surface area contributed by atoms with Crippen LogP contribution in [0.4, 0.5) is 14.2 Å². The molecule has 3 heterocycles. The molecule has 1 aromatic carbocycles. The van der Waals surface area contributed by atoms with Gasteiger partial charge in [0.05, 0.1) is 16.3 Å². The van der Waals surface area contributed by atoms with Gasteiger partial charge in [0, 0.05) is 18.3 Å². The van der Waals surface area contributed by atoms with Crippen LogP contribution in [-0.2, 0) is 6.42 Å². The highest BCUT2D eigenvalue weighted by Gasteiger charge is 2.14. The molecular weight excluding hydrogens is 373 g/mol. The number of hydrogen-bond donors (Lipinski definition) is 2. The zero-order chi connectivity index (χ0) is 17.9. The number of urea groups is 1. The number of hydrogen-bond acceptors (Lipinski definition) is 5. The Morgan fingerprint density at radius 2 is 2.08 bits per heavy atom. The third-order valence-corrected chi connectivity index (χ3v) is 5.34. The monoisotopic (exact) mass is 387 g/mol. The first kappa shape index (κ1) is 16.7. The second kappa shape index (κ2) is 7.22. The summed E-state index contributed by atoms with van der Waals surface area (Å²) in [5.74, 6) is 0.0128. The Hall–Kier alpha value is -2.78. The number of nitrogens with one attached hydrogen (secondary N) is 2. The van der Waals surface area contributed by atoms with Gasteiger partial charge in [-0.05, 0) is 29.6 Å². The van der Waals surface area contributed by atoms with Gasteiger partial charge in [0.25, 0.3) is 0 Å². The summed E-state index contributed by atoms with van der Waals surface area (Å²) in [7, 11) is 0. The molecule has 0 spiro atoms. The van der Waals surface area contributed by atoms with E-state index in [2.05, 4.69) is 20.7 Å². The fourth-order valence-electron chi connectivity index (χ4n) is 2.46. The lowest BCUT2D eigenvalue weighted by Gasteiger charge is -2.05. The molecule has 132 valence electrons. The van der Waals surface area contributed by atoms with Crippen LogP contribution in [-0.4, -0.2) is 27.2 Å². The molecule has 6 nitrogen and oxygen atoms in total. The summed E-state index contributed by atoms with van der Waals surface area (Å²) in [4.78, 5) is 16.9. The van der Waals surface area contributed by atoms with Crippen LogP contribution in [0.2, 0.25) is 0 Å². The van der Waals surface area contributed by atoms with E-state index < -0.39 is 0 Å². The standard InChI is InChI=1S/C17H14FN5OS2/c18-13-5-2-1-4-12(13)15-21-17-23(22-15)11(10-26-17)7-8-19-16(24)20-14-6-3-9-25-14/h1-6,9-10H,7-8H2,(H2,19,20,24). The van der Waals surface area contributed by atoms with Gasteiger partial charge in [-0.25, -0.2) is 13.7 Å². The molecule has 0 aliphatic heterocycles. The van der Waals surface area contributed by atoms with E-state index in [0.29, 0.717) is 29.3 Å². The summed E-state index contributed by atoms with van der Waals surface area (Å²) in [5.41, 5.74) is 1.29. The fourth-order valence-corrected chi connectivity index (χ4v) is 3.93. The number of amides is 2. The third-order valence-electron chi connectivity index (χ3n) is 3.69. The molecule has 26 heavy (non-hydrogen) atoms. The van der Waals surface area contributed by atoms with Crippen molar-refractivity contribution in [3.8, 4) is 11.4 Å². The van der Waals surface area contributed by atoms with Crippen molar-refractivity contribution in [2.24, 2.45) is 0 Å². The van der Waals surface area contributed by atoms with Gasteiger partial charge in [-0.15, -0.1) is 27.8 Å². The molecule has 0 saturated carbocycles. The quantitative estimate of drug-likeness (QED) is 0.543. The van der Waals surface area contributed by atoms with Crippen LogP contribution in [0.5, 0.6) is 0 Å². The van der Waals surface area contributed by atoms with Crippen LogP contribution in [0.1, 0.15) is 5.69 Å². The summed E-state index contributed by atoms with van der Waals surface area (Å²) in [6.45, 7) is 0.456. The summed E-state index contributed by atoms with van der Waals surface area (Å²) in [5, 5.41) is 14.6. The van der Waals surface area contributed by atoms with Crippen LogP contribution >= 0.6 is 22.7 Å². The van der Waals surface area contributed by atoms with Gasteiger partial charge >= 0.3 is 6.03 Å². The Labute approximate surface area is 156 Å². The first-order valence-corrected chi connectivity index (χ1v) is 9.63. The van der Waals surface area contributed by atoms with E-state index in [0.717, 1.165) is 10.7 Å². The first-order valence-electron chi connectivity index (χ1n) is 7.87. The highest BCUT2D eigenvalue weighted by molar-refractivity contribution is 7.15. The van der Waals surface area contributed by atoms with Gasteiger partial charge in [0.15, 0.2) is 5.82 Å². The molecule has 4 aromatic rings. The van der Waals surface area contributed by atoms with Crippen molar-refractivity contribution in [3.63, 3.8) is 0 Å². The van der Waals surface area contributed by atoms with Gasteiger partial charge in [0.1, 0.15) is 5.82 Å². The molecule has 0 fully saturated rings. The fraction of sp³-hybridized carbons (Fsp3) is 0.118. The van der Waals surface area contributed by atoms with Crippen LogP contribution < -0.4 is 10.6 Å². The minimum absolute atomic E-state index is 0.246. The van der Waals surface area contributed by atoms with Crippen molar-refractivity contribution in [1.29, 1.82) is 0 Å². The van der Waals surface area contributed by atoms with Gasteiger partial charge < -0.3 is 5.32 Å². The Balaban J connectivity index is 1.43. The van der Waals surface area contributed by atoms with Crippen LogP contribution in [0, 0.1) is 5.82 Å². The number of carbonyl (C=O) groups is 1. The van der Waals surface area contributed by atoms with Crippen molar-refractivity contribution in [3.05, 3.63) is 58.7 Å². The topological polar surface area (TPSA) is 71.3 Å². The Morgan fingerprint density at radius 3 is 2.88 bits per heavy atom. The predicted octanol–water partition coefficient (Wildman–Crippen LogP) is 4.02. The molecule has 0 aliphatic carbocycles. The second-order valence-corrected chi connectivity index (χ2v) is 7.23. The lowest BCUT2D eigenvalue weighted by atomic mass is 10.2. The Kier molecular flexibility index (Phi) is 4.63. The Bertz CT molecular complexity index is 1040. The summed E-state index contributed by atoms with van der Waals surface area (Å²) in [6, 6.07) is 9.91. The zero-order valence-electron chi connectivity index (χ0n) is 13.5. The maximum atomic E-state index is 13.9. The van der Waals surface area contributed by atoms with Crippen molar-refractivity contribution in [1.82, 2.24) is 19.9 Å². The highest BCUT2D eigenvalue weighted by Crippen LogP contribution is 2.23. The molecular formula is C17H14FN5OS2. The average Bonchev–Trinajstić information content (AvgIpc) is 3.34. The minimum atomic E-state index is -0.348. The normalized spacial score (nSPS) is 11.0. The third kappa shape index (κ3) is 3.44. The Morgan fingerprint density at radius 1 is 1.19 bits per heavy atom. The van der Waals surface area contributed by atoms with E-state index in [-0.39, 0.29) is 11.8 Å². The van der Waals surface area contributed by atoms with E-state index in [1.807, 2.05) is 22.9 Å². The average molecular weight is 387 g/mol. The predicted molar refractivity (Wildman–Crippen MR) is 101 cm³/mol. The summed E-state index contributed by atoms with van der Waals surface area (Å²) >= 11 is 2.90. The number of fused-ring (bicyclic) bond motifs is 1. The molecule has 0 aliphatic rings. The molecule has 3 aromatic heterocycles. The SMILES string of the molecule is O=C(NCCc1csc2nc(-c3ccccc3F)nn12)Nc1cccs1. The summed E-state index contributed by atoms with van der Waals surface area (Å²) in [6.07, 6.45) is 0.595. The number of rotatable bonds is 5. The summed E-state index contributed by atoms with van der Waals surface area (Å²) < 4.78 is 15.6. The molecule has 9 heteroatoms. The largest absolute Gasteiger partial charge is 0.337 e. The van der Waals surface area contributed by atoms with E-state index in [1.54, 1.807) is 22.7 Å². The van der Waals surface area contributed by atoms with E-state index >= 15 is 0 Å². The number of thiophene rings is 1. The zero-order valence-corrected chi connectivity index (χ0v) is 15.1. The van der Waals surface area contributed by atoms with E-state index in [1.165, 1.54) is 28.7 Å². The number of nitrogens with zero attached hydrogens (tertiary/aromatic N) is 3. The van der Waals surface area contributed by atoms with Crippen molar-refractivity contribution in [2.45, 2.75) is 6.42 Å². The smallest absolute Gasteiger partial charge is 0.319 e. The molecule has 2 N–H and O–H groups in total. The number of aromatic nitrogens is 3. The number of carbonyl (C=O) groups excluding carboxylic acids is 1. The number of thiazole rings is 1. The molecule has 0 atom stereocenters. The molecule has 0 bridgehead atoms. The molecule has 4 rings (SSSR count). The molecule has 0 radical (unpaired) electrons. The van der Waals surface area contributed by atoms with Crippen molar-refractivity contribution in [2.75, 3.05) is 11.9 Å². The molecule has 0 saturated heterocycles. The number of benzene rings is 1. The molecule has 2 amide bonds. The number of anilines is 1. The van der Waals surface area contributed by atoms with Crippen LogP contribution in [0.15, 0.2) is 47.2 Å². The van der Waals surface area contributed by atoms with Gasteiger partial charge in [-0.2, -0.15) is 4.98 Å². The molecule has 0 unspecified atom stereocenters. The van der Waals surface area contributed by atoms with Crippen LogP contribution in [0.25, 0.3) is 16.3 Å². The van der Waals surface area contributed by atoms with E-state index in [4.69, 9.17) is 0 Å². The highest BCUT2D eigenvalue weighted by atomic mass is 32.1. The minimum Gasteiger partial charge on any atom is -0.337 e. The van der Waals surface area contributed by atoms with Gasteiger partial charge in [-0.1, -0.05) is 12.1 Å². The maximum absolute atomic E-state index is 13.9. The number of halogens is 1. The van der Waals surface area contributed by atoms with E-state index in [9.17, 15) is 9.18 Å². The van der Waals surface area contributed by atoms with Gasteiger partial charge in [0.2, 0.25) is 4.96 Å². The maximum Gasteiger partial charge on any atom is 0.319 e. The van der Waals surface area contributed by atoms with Gasteiger partial charge in [-0.3, -0.25) is 5.32 Å². The van der Waals surface area contributed by atoms with Crippen molar-refractivity contribution < 1.29 is 9.18 Å². The second-order valence-electron chi connectivity index (χ2n) is 5.44. The lowest BCUT2D eigenvalue weighted by Crippen LogP contribution is -2.30.